The second kappa shape index (κ2) is 7.30. The molecule has 3 heterocycles. The van der Waals surface area contributed by atoms with Gasteiger partial charge in [0.1, 0.15) is 10.6 Å². The van der Waals surface area contributed by atoms with Crippen molar-refractivity contribution in [3.05, 3.63) is 45.8 Å². The molecular weight excluding hydrogens is 386 g/mol. The van der Waals surface area contributed by atoms with Gasteiger partial charge >= 0.3 is 0 Å². The van der Waals surface area contributed by atoms with Crippen molar-refractivity contribution in [1.82, 2.24) is 20.0 Å². The molecule has 140 valence electrons. The van der Waals surface area contributed by atoms with Crippen LogP contribution in [0.5, 0.6) is 0 Å². The average molecular weight is 404 g/mol. The summed E-state index contributed by atoms with van der Waals surface area (Å²) in [5, 5.41) is 10.9. The van der Waals surface area contributed by atoms with E-state index in [2.05, 4.69) is 27.5 Å². The number of amides is 2. The Balaban J connectivity index is 1.55. The summed E-state index contributed by atoms with van der Waals surface area (Å²) in [6.07, 6.45) is 0. The number of halogens is 1. The second-order valence-electron chi connectivity index (χ2n) is 6.46. The lowest BCUT2D eigenvalue weighted by molar-refractivity contribution is 0.0669. The van der Waals surface area contributed by atoms with Gasteiger partial charge in [0.25, 0.3) is 11.8 Å². The standard InChI is InChI=1S/C18H18ClN5O2S/c1-23-6-8-24(9-7-23)18(26)14-10-12-15(21-22-17(12)27-14)20-16(25)11-4-2-3-5-13(11)19/h2-5,10H,6-9H2,1H3,(H2,20,21,22,25). The summed E-state index contributed by atoms with van der Waals surface area (Å²) in [6.45, 7) is 3.17. The maximum Gasteiger partial charge on any atom is 0.264 e. The Bertz CT molecular complexity index is 1010. The lowest BCUT2D eigenvalue weighted by Crippen LogP contribution is -2.46. The summed E-state index contributed by atoms with van der Waals surface area (Å²) in [7, 11) is 2.05. The van der Waals surface area contributed by atoms with E-state index in [1.807, 2.05) is 4.90 Å². The van der Waals surface area contributed by atoms with Gasteiger partial charge in [0, 0.05) is 26.2 Å². The topological polar surface area (TPSA) is 81.3 Å². The van der Waals surface area contributed by atoms with Crippen LogP contribution in [0.1, 0.15) is 20.0 Å². The fourth-order valence-corrected chi connectivity index (χ4v) is 4.19. The van der Waals surface area contributed by atoms with Gasteiger partial charge in [-0.25, -0.2) is 0 Å². The van der Waals surface area contributed by atoms with E-state index in [4.69, 9.17) is 11.6 Å². The highest BCUT2D eigenvalue weighted by molar-refractivity contribution is 7.20. The number of rotatable bonds is 3. The monoisotopic (exact) mass is 403 g/mol. The zero-order valence-electron chi connectivity index (χ0n) is 14.7. The summed E-state index contributed by atoms with van der Waals surface area (Å²) >= 11 is 7.40. The van der Waals surface area contributed by atoms with Crippen LogP contribution >= 0.6 is 22.9 Å². The van der Waals surface area contributed by atoms with Crippen molar-refractivity contribution in [2.75, 3.05) is 38.5 Å². The van der Waals surface area contributed by atoms with Gasteiger partial charge in [-0.1, -0.05) is 23.7 Å². The van der Waals surface area contributed by atoms with Crippen LogP contribution in [0.25, 0.3) is 10.2 Å². The van der Waals surface area contributed by atoms with E-state index in [0.29, 0.717) is 39.2 Å². The fraction of sp³-hybridized carbons (Fsp3) is 0.278. The maximum absolute atomic E-state index is 12.7. The summed E-state index contributed by atoms with van der Waals surface area (Å²) in [4.78, 5) is 30.6. The number of carbonyl (C=O) groups is 2. The molecule has 1 aromatic carbocycles. The van der Waals surface area contributed by atoms with Gasteiger partial charge in [-0.2, -0.15) is 5.10 Å². The Morgan fingerprint density at radius 1 is 1.22 bits per heavy atom. The molecule has 0 unspecified atom stereocenters. The predicted molar refractivity (Wildman–Crippen MR) is 107 cm³/mol. The van der Waals surface area contributed by atoms with E-state index in [0.717, 1.165) is 18.5 Å². The molecule has 1 aliphatic heterocycles. The Kier molecular flexibility index (Phi) is 4.86. The number of anilines is 1. The number of fused-ring (bicyclic) bond motifs is 1. The summed E-state index contributed by atoms with van der Waals surface area (Å²) in [5.41, 5.74) is 0.380. The van der Waals surface area contributed by atoms with E-state index in [1.165, 1.54) is 11.3 Å². The zero-order chi connectivity index (χ0) is 19.0. The Hall–Kier alpha value is -2.42. The first-order valence-electron chi connectivity index (χ1n) is 8.54. The van der Waals surface area contributed by atoms with Gasteiger partial charge in [0.05, 0.1) is 20.8 Å². The average Bonchev–Trinajstić information content (AvgIpc) is 3.24. The van der Waals surface area contributed by atoms with Crippen LogP contribution in [0, 0.1) is 0 Å². The largest absolute Gasteiger partial charge is 0.335 e. The lowest BCUT2D eigenvalue weighted by Gasteiger charge is -2.32. The molecule has 3 aromatic rings. The number of thiophene rings is 1. The van der Waals surface area contributed by atoms with Crippen LogP contribution in [0.4, 0.5) is 5.82 Å². The van der Waals surface area contributed by atoms with Crippen molar-refractivity contribution in [3.63, 3.8) is 0 Å². The molecule has 0 saturated carbocycles. The maximum atomic E-state index is 12.7. The lowest BCUT2D eigenvalue weighted by atomic mass is 10.2. The van der Waals surface area contributed by atoms with Gasteiger partial charge < -0.3 is 15.1 Å². The molecule has 0 radical (unpaired) electrons. The number of aromatic nitrogens is 2. The number of likely N-dealkylation sites (N-methyl/N-ethyl adjacent to an activating group) is 1. The molecule has 1 fully saturated rings. The highest BCUT2D eigenvalue weighted by Crippen LogP contribution is 2.30. The molecule has 1 aliphatic rings. The molecular formula is C18H18ClN5O2S. The van der Waals surface area contributed by atoms with Gasteiger partial charge in [0.2, 0.25) is 0 Å². The quantitative estimate of drug-likeness (QED) is 0.704. The van der Waals surface area contributed by atoms with E-state index >= 15 is 0 Å². The van der Waals surface area contributed by atoms with Crippen LogP contribution in [-0.4, -0.2) is 65.0 Å². The van der Waals surface area contributed by atoms with Crippen LogP contribution in [0.15, 0.2) is 30.3 Å². The molecule has 2 aromatic heterocycles. The minimum atomic E-state index is -0.329. The molecule has 0 bridgehead atoms. The van der Waals surface area contributed by atoms with Gasteiger partial charge in [-0.3, -0.25) is 14.7 Å². The number of hydrogen-bond donors (Lipinski definition) is 2. The number of benzene rings is 1. The Labute approximate surface area is 164 Å². The predicted octanol–water partition coefficient (Wildman–Crippen LogP) is 2.92. The molecule has 4 rings (SSSR count). The SMILES string of the molecule is CN1CCN(C(=O)c2cc3c(NC(=O)c4ccccc4Cl)[nH]nc3s2)CC1. The van der Waals surface area contributed by atoms with Crippen LogP contribution in [0.2, 0.25) is 5.02 Å². The number of H-pyrrole nitrogens is 1. The van der Waals surface area contributed by atoms with Gasteiger partial charge in [-0.15, -0.1) is 11.3 Å². The number of carbonyl (C=O) groups excluding carboxylic acids is 2. The molecule has 0 atom stereocenters. The fourth-order valence-electron chi connectivity index (χ4n) is 3.00. The number of nitrogens with zero attached hydrogens (tertiary/aromatic N) is 3. The summed E-state index contributed by atoms with van der Waals surface area (Å²) in [5.74, 6) is 0.141. The highest BCUT2D eigenvalue weighted by Gasteiger charge is 2.23. The van der Waals surface area contributed by atoms with E-state index in [-0.39, 0.29) is 11.8 Å². The van der Waals surface area contributed by atoms with E-state index in [9.17, 15) is 9.59 Å². The van der Waals surface area contributed by atoms with Crippen LogP contribution in [-0.2, 0) is 0 Å². The van der Waals surface area contributed by atoms with Crippen molar-refractivity contribution in [1.29, 1.82) is 0 Å². The van der Waals surface area contributed by atoms with Crippen molar-refractivity contribution in [3.8, 4) is 0 Å². The Morgan fingerprint density at radius 2 is 1.96 bits per heavy atom. The number of aromatic amines is 1. The van der Waals surface area contributed by atoms with Crippen molar-refractivity contribution in [2.24, 2.45) is 0 Å². The normalized spacial score (nSPS) is 15.3. The number of nitrogens with one attached hydrogen (secondary N) is 2. The first-order valence-corrected chi connectivity index (χ1v) is 9.74. The molecule has 0 aliphatic carbocycles. The second-order valence-corrected chi connectivity index (χ2v) is 7.90. The number of piperazine rings is 1. The molecule has 2 N–H and O–H groups in total. The third kappa shape index (κ3) is 3.55. The first kappa shape index (κ1) is 18.0. The molecule has 9 heteroatoms. The van der Waals surface area contributed by atoms with Crippen molar-refractivity contribution < 1.29 is 9.59 Å². The smallest absolute Gasteiger partial charge is 0.264 e. The van der Waals surface area contributed by atoms with E-state index < -0.39 is 0 Å². The molecule has 0 spiro atoms. The minimum Gasteiger partial charge on any atom is -0.335 e. The third-order valence-electron chi connectivity index (χ3n) is 4.61. The Morgan fingerprint density at radius 3 is 2.70 bits per heavy atom. The molecule has 7 nitrogen and oxygen atoms in total. The van der Waals surface area contributed by atoms with Gasteiger partial charge in [-0.05, 0) is 25.2 Å². The number of hydrogen-bond acceptors (Lipinski definition) is 5. The van der Waals surface area contributed by atoms with Crippen molar-refractivity contribution in [2.45, 2.75) is 0 Å². The summed E-state index contributed by atoms with van der Waals surface area (Å²) in [6, 6.07) is 8.62. The van der Waals surface area contributed by atoms with Crippen molar-refractivity contribution >= 4 is 50.8 Å². The minimum absolute atomic E-state index is 0.00878. The summed E-state index contributed by atoms with van der Waals surface area (Å²) < 4.78 is 0. The zero-order valence-corrected chi connectivity index (χ0v) is 16.2. The van der Waals surface area contributed by atoms with E-state index in [1.54, 1.807) is 30.3 Å². The van der Waals surface area contributed by atoms with Crippen LogP contribution < -0.4 is 5.32 Å². The molecule has 1 saturated heterocycles. The van der Waals surface area contributed by atoms with Gasteiger partial charge in [0.15, 0.2) is 0 Å². The molecule has 2 amide bonds. The first-order chi connectivity index (χ1) is 13.0. The third-order valence-corrected chi connectivity index (χ3v) is 5.96. The highest BCUT2D eigenvalue weighted by atomic mass is 35.5. The van der Waals surface area contributed by atoms with Crippen LogP contribution in [0.3, 0.4) is 0 Å². The molecule has 27 heavy (non-hydrogen) atoms.